The van der Waals surface area contributed by atoms with Gasteiger partial charge in [-0.3, -0.25) is 14.9 Å². The third-order valence-corrected chi connectivity index (χ3v) is 4.60. The lowest BCUT2D eigenvalue weighted by atomic mass is 9.75. The highest BCUT2D eigenvalue weighted by atomic mass is 35.5. The molecule has 7 nitrogen and oxygen atoms in total. The molecule has 0 spiro atoms. The second-order valence-corrected chi connectivity index (χ2v) is 6.38. The van der Waals surface area contributed by atoms with Gasteiger partial charge >= 0.3 is 11.9 Å². The van der Waals surface area contributed by atoms with Gasteiger partial charge in [-0.25, -0.2) is 4.79 Å². The van der Waals surface area contributed by atoms with Crippen LogP contribution in [-0.4, -0.2) is 29.1 Å². The number of carboxylic acids is 1. The van der Waals surface area contributed by atoms with Crippen LogP contribution in [0.1, 0.15) is 28.4 Å². The Morgan fingerprint density at radius 3 is 2.35 bits per heavy atom. The fourth-order valence-corrected chi connectivity index (χ4v) is 3.16. The van der Waals surface area contributed by atoms with E-state index in [0.29, 0.717) is 0 Å². The molecule has 0 aliphatic heterocycles. The summed E-state index contributed by atoms with van der Waals surface area (Å²) in [7, 11) is 1.12. The molecule has 136 valence electrons. The van der Waals surface area contributed by atoms with E-state index in [9.17, 15) is 24.8 Å². The molecule has 0 unspecified atom stereocenters. The molecule has 0 aliphatic rings. The maximum Gasteiger partial charge on any atom is 0.335 e. The molecule has 26 heavy (non-hydrogen) atoms. The third-order valence-electron chi connectivity index (χ3n) is 4.04. The molecule has 2 aromatic carbocycles. The summed E-state index contributed by atoms with van der Waals surface area (Å²) in [5.74, 6) is -2.09. The standard InChI is InChI=1S/C17H13Cl2NO6/c1-17(16(23)26-2,11-7-9(15(21)22)3-5-13(11)19)12-8-10(18)4-6-14(12)20(24)25/h3-8H,1-2H3,(H,21,22)/t17-/m0/s1. The first-order valence-corrected chi connectivity index (χ1v) is 7.94. The summed E-state index contributed by atoms with van der Waals surface area (Å²) in [6.07, 6.45) is 0. The molecule has 0 aromatic heterocycles. The zero-order valence-corrected chi connectivity index (χ0v) is 15.2. The van der Waals surface area contributed by atoms with Crippen molar-refractivity contribution < 1.29 is 24.4 Å². The number of halogens is 2. The summed E-state index contributed by atoms with van der Waals surface area (Å²) in [4.78, 5) is 34.8. The molecule has 2 aromatic rings. The number of carbonyl (C=O) groups excluding carboxylic acids is 1. The number of aromatic carboxylic acids is 1. The molecule has 1 N–H and O–H groups in total. The Morgan fingerprint density at radius 1 is 1.15 bits per heavy atom. The van der Waals surface area contributed by atoms with E-state index in [-0.39, 0.29) is 32.4 Å². The van der Waals surface area contributed by atoms with Crippen LogP contribution in [0.3, 0.4) is 0 Å². The second-order valence-electron chi connectivity index (χ2n) is 5.53. The molecule has 2 rings (SSSR count). The van der Waals surface area contributed by atoms with Gasteiger partial charge in [0.05, 0.1) is 23.2 Å². The first-order valence-electron chi connectivity index (χ1n) is 7.19. The second kappa shape index (κ2) is 7.31. The highest BCUT2D eigenvalue weighted by Crippen LogP contribution is 2.42. The first kappa shape index (κ1) is 19.7. The van der Waals surface area contributed by atoms with E-state index in [0.717, 1.165) is 13.2 Å². The SMILES string of the molecule is COC(=O)[C@@](C)(c1cc(C(=O)O)ccc1Cl)c1cc(Cl)ccc1[N+](=O)[O-]. The minimum atomic E-state index is -1.76. The summed E-state index contributed by atoms with van der Waals surface area (Å²) < 4.78 is 4.84. The summed E-state index contributed by atoms with van der Waals surface area (Å²) in [5, 5.41) is 20.9. The van der Waals surface area contributed by atoms with Crippen LogP contribution in [0.5, 0.6) is 0 Å². The minimum Gasteiger partial charge on any atom is -0.478 e. The summed E-state index contributed by atoms with van der Waals surface area (Å²) in [6, 6.07) is 7.49. The Bertz CT molecular complexity index is 914. The summed E-state index contributed by atoms with van der Waals surface area (Å²) in [6.45, 7) is 1.37. The number of esters is 1. The van der Waals surface area contributed by atoms with Crippen molar-refractivity contribution in [3.05, 3.63) is 73.2 Å². The number of rotatable bonds is 5. The van der Waals surface area contributed by atoms with Gasteiger partial charge in [-0.15, -0.1) is 0 Å². The van der Waals surface area contributed by atoms with Crippen LogP contribution in [0, 0.1) is 10.1 Å². The van der Waals surface area contributed by atoms with Crippen molar-refractivity contribution in [3.8, 4) is 0 Å². The number of methoxy groups -OCH3 is 1. The molecule has 0 bridgehead atoms. The van der Waals surface area contributed by atoms with Crippen molar-refractivity contribution in [3.63, 3.8) is 0 Å². The molecule has 0 saturated carbocycles. The molecule has 0 aliphatic carbocycles. The van der Waals surface area contributed by atoms with Gasteiger partial charge in [-0.05, 0) is 42.8 Å². The highest BCUT2D eigenvalue weighted by Gasteiger charge is 2.44. The predicted molar refractivity (Wildman–Crippen MR) is 95.0 cm³/mol. The van der Waals surface area contributed by atoms with E-state index in [1.165, 1.54) is 37.3 Å². The Balaban J connectivity index is 2.91. The molecule has 0 amide bonds. The van der Waals surface area contributed by atoms with E-state index >= 15 is 0 Å². The van der Waals surface area contributed by atoms with E-state index in [1.54, 1.807) is 0 Å². The van der Waals surface area contributed by atoms with Crippen molar-refractivity contribution in [1.29, 1.82) is 0 Å². The van der Waals surface area contributed by atoms with E-state index in [4.69, 9.17) is 27.9 Å². The maximum atomic E-state index is 12.7. The predicted octanol–water partition coefficient (Wildman–Crippen LogP) is 4.08. The van der Waals surface area contributed by atoms with Gasteiger partial charge in [0.15, 0.2) is 0 Å². The average molecular weight is 398 g/mol. The average Bonchev–Trinajstić information content (AvgIpc) is 2.60. The number of ether oxygens (including phenoxy) is 1. The van der Waals surface area contributed by atoms with Gasteiger partial charge in [0.2, 0.25) is 0 Å². The fraction of sp³-hybridized carbons (Fsp3) is 0.176. The Kier molecular flexibility index (Phi) is 5.53. The largest absolute Gasteiger partial charge is 0.478 e. The molecule has 9 heteroatoms. The van der Waals surface area contributed by atoms with Crippen LogP contribution in [0.15, 0.2) is 36.4 Å². The van der Waals surface area contributed by atoms with Gasteiger partial charge in [0.1, 0.15) is 5.41 Å². The quantitative estimate of drug-likeness (QED) is 0.462. The van der Waals surface area contributed by atoms with Gasteiger partial charge in [0.25, 0.3) is 5.69 Å². The third kappa shape index (κ3) is 3.36. The molecular formula is C17H13Cl2NO6. The number of nitrogens with zero attached hydrogens (tertiary/aromatic N) is 1. The molecule has 0 heterocycles. The van der Waals surface area contributed by atoms with Crippen LogP contribution in [-0.2, 0) is 14.9 Å². The highest BCUT2D eigenvalue weighted by molar-refractivity contribution is 6.32. The van der Waals surface area contributed by atoms with Crippen LogP contribution in [0.4, 0.5) is 5.69 Å². The number of hydrogen-bond donors (Lipinski definition) is 1. The number of nitro groups is 1. The summed E-state index contributed by atoms with van der Waals surface area (Å²) in [5.41, 5.74) is -2.28. The zero-order valence-electron chi connectivity index (χ0n) is 13.7. The van der Waals surface area contributed by atoms with Crippen LogP contribution >= 0.6 is 23.2 Å². The van der Waals surface area contributed by atoms with Crippen LogP contribution < -0.4 is 0 Å². The first-order chi connectivity index (χ1) is 12.1. The lowest BCUT2D eigenvalue weighted by Crippen LogP contribution is -2.36. The van der Waals surface area contributed by atoms with E-state index in [1.807, 2.05) is 0 Å². The van der Waals surface area contributed by atoms with Crippen LogP contribution in [0.2, 0.25) is 10.0 Å². The topological polar surface area (TPSA) is 107 Å². The number of carboxylic acid groups (broad SMARTS) is 1. The molecule has 0 saturated heterocycles. The minimum absolute atomic E-state index is 0.0521. The van der Waals surface area contributed by atoms with Crippen molar-refractivity contribution in [2.45, 2.75) is 12.3 Å². The van der Waals surface area contributed by atoms with E-state index in [2.05, 4.69) is 0 Å². The van der Waals surface area contributed by atoms with E-state index < -0.39 is 22.3 Å². The lowest BCUT2D eigenvalue weighted by molar-refractivity contribution is -0.385. The Morgan fingerprint density at radius 2 is 1.81 bits per heavy atom. The maximum absolute atomic E-state index is 12.7. The number of benzene rings is 2. The van der Waals surface area contributed by atoms with Gasteiger partial charge in [-0.2, -0.15) is 0 Å². The molecule has 0 radical (unpaired) electrons. The summed E-state index contributed by atoms with van der Waals surface area (Å²) >= 11 is 12.2. The number of carbonyl (C=O) groups is 2. The van der Waals surface area contributed by atoms with Crippen LogP contribution in [0.25, 0.3) is 0 Å². The van der Waals surface area contributed by atoms with Gasteiger partial charge in [-0.1, -0.05) is 23.2 Å². The molecule has 0 fully saturated rings. The molecule has 1 atom stereocenters. The fourth-order valence-electron chi connectivity index (χ4n) is 2.68. The van der Waals surface area contributed by atoms with Crippen molar-refractivity contribution in [2.75, 3.05) is 7.11 Å². The Hall–Kier alpha value is -2.64. The van der Waals surface area contributed by atoms with Crippen molar-refractivity contribution >= 4 is 40.8 Å². The van der Waals surface area contributed by atoms with Crippen molar-refractivity contribution in [1.82, 2.24) is 0 Å². The normalized spacial score (nSPS) is 12.9. The number of nitro benzene ring substituents is 1. The zero-order chi connectivity index (χ0) is 19.6. The monoisotopic (exact) mass is 397 g/mol. The lowest BCUT2D eigenvalue weighted by Gasteiger charge is -2.28. The Labute approximate surface area is 158 Å². The number of hydrogen-bond acceptors (Lipinski definition) is 5. The van der Waals surface area contributed by atoms with Crippen molar-refractivity contribution in [2.24, 2.45) is 0 Å². The van der Waals surface area contributed by atoms with Gasteiger partial charge in [0, 0.05) is 16.1 Å². The van der Waals surface area contributed by atoms with Gasteiger partial charge < -0.3 is 9.84 Å². The molecular weight excluding hydrogens is 385 g/mol. The smallest absolute Gasteiger partial charge is 0.335 e.